The van der Waals surface area contributed by atoms with Crippen LogP contribution in [0.3, 0.4) is 0 Å². The Labute approximate surface area is 336 Å². The van der Waals surface area contributed by atoms with Crippen LogP contribution in [0.5, 0.6) is 23.0 Å². The lowest BCUT2D eigenvalue weighted by Crippen LogP contribution is -2.24. The van der Waals surface area contributed by atoms with Crippen LogP contribution in [-0.4, -0.2) is 0 Å². The fourth-order valence-electron chi connectivity index (χ4n) is 8.56. The average molecular weight is 752 g/mol. The highest BCUT2D eigenvalue weighted by molar-refractivity contribution is 7.99. The number of ether oxygens (including phenoxy) is 2. The number of anilines is 3. The van der Waals surface area contributed by atoms with Crippen molar-refractivity contribution >= 4 is 50.4 Å². The van der Waals surface area contributed by atoms with Crippen LogP contribution in [0.2, 0.25) is 0 Å². The molecule has 3 nitrogen and oxygen atoms in total. The van der Waals surface area contributed by atoms with Crippen LogP contribution in [0.15, 0.2) is 198 Å². The van der Waals surface area contributed by atoms with E-state index in [4.69, 9.17) is 9.47 Å². The molecule has 0 bridgehead atoms. The summed E-state index contributed by atoms with van der Waals surface area (Å²) < 4.78 is 13.2. The lowest BCUT2D eigenvalue weighted by molar-refractivity contribution is 0.419. The van der Waals surface area contributed by atoms with Crippen molar-refractivity contribution in [1.82, 2.24) is 0 Å². The van der Waals surface area contributed by atoms with Crippen LogP contribution >= 0.6 is 11.8 Å². The molecule has 0 aliphatic carbocycles. The monoisotopic (exact) mass is 751 g/mol. The number of hydrogen-bond donors (Lipinski definition) is 0. The first-order valence-corrected chi connectivity index (χ1v) is 20.2. The minimum Gasteiger partial charge on any atom is -0.456 e. The molecular weight excluding hydrogens is 715 g/mol. The summed E-state index contributed by atoms with van der Waals surface area (Å²) in [4.78, 5) is 4.61. The van der Waals surface area contributed by atoms with E-state index in [0.717, 1.165) is 72.1 Å². The van der Waals surface area contributed by atoms with Gasteiger partial charge < -0.3 is 14.4 Å². The molecule has 9 aromatic rings. The molecule has 2 aliphatic heterocycles. The second-order valence-electron chi connectivity index (χ2n) is 15.3. The number of fused-ring (bicyclic) bond motifs is 6. The molecular formula is C53H37NO2S. The fraction of sp³-hybridized carbons (Fsp3) is 0.0566. The quantitative estimate of drug-likeness (QED) is 0.163. The lowest BCUT2D eigenvalue weighted by atomic mass is 9.75. The van der Waals surface area contributed by atoms with E-state index in [9.17, 15) is 0 Å². The van der Waals surface area contributed by atoms with Gasteiger partial charge in [0.05, 0.1) is 9.79 Å². The molecule has 0 amide bonds. The minimum absolute atomic E-state index is 0.182. The van der Waals surface area contributed by atoms with Crippen LogP contribution in [0.25, 0.3) is 43.8 Å². The van der Waals surface area contributed by atoms with Gasteiger partial charge in [-0.1, -0.05) is 141 Å². The van der Waals surface area contributed by atoms with Gasteiger partial charge in [0.2, 0.25) is 0 Å². The minimum atomic E-state index is -0.182. The number of hydrogen-bond acceptors (Lipinski definition) is 4. The summed E-state index contributed by atoms with van der Waals surface area (Å²) in [6, 6.07) is 67.3. The van der Waals surface area contributed by atoms with Gasteiger partial charge in [0.1, 0.15) is 23.0 Å². The Hall–Kier alpha value is -6.75. The van der Waals surface area contributed by atoms with E-state index in [0.29, 0.717) is 0 Å². The van der Waals surface area contributed by atoms with Crippen LogP contribution < -0.4 is 14.4 Å². The van der Waals surface area contributed by atoms with E-state index >= 15 is 0 Å². The highest BCUT2D eigenvalue weighted by Crippen LogP contribution is 2.53. The number of benzene rings is 9. The normalized spacial score (nSPS) is 13.4. The summed E-state index contributed by atoms with van der Waals surface area (Å²) in [6.07, 6.45) is 0. The summed E-state index contributed by atoms with van der Waals surface area (Å²) >= 11 is 1.76. The van der Waals surface area contributed by atoms with Gasteiger partial charge in [-0.25, -0.2) is 0 Å². The van der Waals surface area contributed by atoms with Crippen LogP contribution in [0, 0.1) is 0 Å². The first-order chi connectivity index (χ1) is 28.0. The number of para-hydroxylation sites is 4. The van der Waals surface area contributed by atoms with Gasteiger partial charge in [-0.15, -0.1) is 0 Å². The molecule has 0 unspecified atom stereocenters. The van der Waals surface area contributed by atoms with Gasteiger partial charge in [0, 0.05) is 44.7 Å². The molecule has 2 heterocycles. The van der Waals surface area contributed by atoms with Gasteiger partial charge in [0.25, 0.3) is 0 Å². The zero-order valence-corrected chi connectivity index (χ0v) is 32.4. The molecule has 4 heteroatoms. The van der Waals surface area contributed by atoms with E-state index in [1.165, 1.54) is 32.7 Å². The predicted octanol–water partition coefficient (Wildman–Crippen LogP) is 15.5. The zero-order chi connectivity index (χ0) is 38.1. The molecule has 0 saturated carbocycles. The third-order valence-corrected chi connectivity index (χ3v) is 12.6. The van der Waals surface area contributed by atoms with E-state index < -0.39 is 0 Å². The van der Waals surface area contributed by atoms with E-state index in [1.807, 2.05) is 18.2 Å². The topological polar surface area (TPSA) is 21.7 Å². The molecule has 0 radical (unpaired) electrons. The van der Waals surface area contributed by atoms with Crippen molar-refractivity contribution < 1.29 is 9.47 Å². The molecule has 0 saturated heterocycles. The molecule has 57 heavy (non-hydrogen) atoms. The molecule has 9 aromatic carbocycles. The van der Waals surface area contributed by atoms with Crippen molar-refractivity contribution in [2.75, 3.05) is 4.90 Å². The van der Waals surface area contributed by atoms with Gasteiger partial charge in [-0.3, -0.25) is 0 Å². The largest absolute Gasteiger partial charge is 0.456 e. The predicted molar refractivity (Wildman–Crippen MR) is 236 cm³/mol. The Balaban J connectivity index is 0.999. The Bertz CT molecular complexity index is 3020. The van der Waals surface area contributed by atoms with E-state index in [-0.39, 0.29) is 5.41 Å². The molecule has 0 N–H and O–H groups in total. The van der Waals surface area contributed by atoms with Crippen molar-refractivity contribution in [3.05, 3.63) is 199 Å². The highest BCUT2D eigenvalue weighted by Gasteiger charge is 2.35. The van der Waals surface area contributed by atoms with Crippen LogP contribution in [-0.2, 0) is 5.41 Å². The molecule has 0 fully saturated rings. The smallest absolute Gasteiger partial charge is 0.149 e. The Morgan fingerprint density at radius 1 is 0.404 bits per heavy atom. The Kier molecular flexibility index (Phi) is 7.77. The molecule has 0 spiro atoms. The number of nitrogens with zero attached hydrogens (tertiary/aromatic N) is 1. The lowest BCUT2D eigenvalue weighted by Gasteiger charge is -2.35. The standard InChI is InChI=1S/C53H37NO2S/c1-53(2)45-15-5-6-17-47(45)55-51-43(13-9-16-46(51)53)34-21-26-40(27-22-34)54(42-30-25-38-31-36-11-3-4-12-37(36)32-39(38)33-42)41-28-23-35(24-29-41)44-14-10-20-50-52(44)56-48-18-7-8-19-49(48)57-50/h3-33H,1-2H3. The maximum Gasteiger partial charge on any atom is 0.149 e. The second kappa shape index (κ2) is 13.2. The maximum absolute atomic E-state index is 6.67. The van der Waals surface area contributed by atoms with Crippen molar-refractivity contribution in [3.63, 3.8) is 0 Å². The maximum atomic E-state index is 6.67. The van der Waals surface area contributed by atoms with Gasteiger partial charge in [-0.05, 0) is 105 Å². The molecule has 2 aliphatic rings. The first kappa shape index (κ1) is 33.6. The van der Waals surface area contributed by atoms with Gasteiger partial charge in [-0.2, -0.15) is 0 Å². The van der Waals surface area contributed by atoms with Crippen molar-refractivity contribution in [2.24, 2.45) is 0 Å². The molecule has 0 aromatic heterocycles. The summed E-state index contributed by atoms with van der Waals surface area (Å²) in [5, 5.41) is 4.89. The molecule has 272 valence electrons. The fourth-order valence-corrected chi connectivity index (χ4v) is 9.55. The summed E-state index contributed by atoms with van der Waals surface area (Å²) in [7, 11) is 0. The van der Waals surface area contributed by atoms with E-state index in [2.05, 4.69) is 189 Å². The van der Waals surface area contributed by atoms with Crippen molar-refractivity contribution in [2.45, 2.75) is 29.1 Å². The van der Waals surface area contributed by atoms with Gasteiger partial charge >= 0.3 is 0 Å². The van der Waals surface area contributed by atoms with Crippen LogP contribution in [0.4, 0.5) is 17.1 Å². The highest BCUT2D eigenvalue weighted by atomic mass is 32.2. The zero-order valence-electron chi connectivity index (χ0n) is 31.6. The third-order valence-electron chi connectivity index (χ3n) is 11.5. The van der Waals surface area contributed by atoms with Gasteiger partial charge in [0.15, 0.2) is 0 Å². The third kappa shape index (κ3) is 5.67. The number of rotatable bonds is 5. The average Bonchev–Trinajstić information content (AvgIpc) is 3.25. The summed E-state index contributed by atoms with van der Waals surface area (Å²) in [5.74, 6) is 3.65. The second-order valence-corrected chi connectivity index (χ2v) is 16.4. The Morgan fingerprint density at radius 2 is 0.930 bits per heavy atom. The SMILES string of the molecule is CC1(C)c2ccccc2Oc2c(-c3ccc(N(c4ccc(-c5cccc6c5Oc5ccccc5S6)cc4)c4ccc5cc6ccccc6cc5c4)cc3)cccc21. The molecule has 0 atom stereocenters. The summed E-state index contributed by atoms with van der Waals surface area (Å²) in [6.45, 7) is 4.57. The molecule has 11 rings (SSSR count). The first-order valence-electron chi connectivity index (χ1n) is 19.4. The van der Waals surface area contributed by atoms with Crippen molar-refractivity contribution in [3.8, 4) is 45.3 Å². The van der Waals surface area contributed by atoms with Crippen molar-refractivity contribution in [1.29, 1.82) is 0 Å². The summed E-state index contributed by atoms with van der Waals surface area (Å²) in [5.41, 5.74) is 9.82. The van der Waals surface area contributed by atoms with E-state index in [1.54, 1.807) is 11.8 Å². The Morgan fingerprint density at radius 3 is 1.67 bits per heavy atom. The van der Waals surface area contributed by atoms with Crippen LogP contribution in [0.1, 0.15) is 25.0 Å².